The first-order chi connectivity index (χ1) is 8.57. The SMILES string of the molecule is CCCNCCS(=O)(=O)NC1CCC(CC)CC1. The molecule has 0 amide bonds. The topological polar surface area (TPSA) is 58.2 Å². The molecule has 0 heterocycles. The van der Waals surface area contributed by atoms with Gasteiger partial charge in [-0.15, -0.1) is 0 Å². The van der Waals surface area contributed by atoms with E-state index in [9.17, 15) is 8.42 Å². The van der Waals surface area contributed by atoms with Crippen LogP contribution >= 0.6 is 0 Å². The van der Waals surface area contributed by atoms with E-state index in [4.69, 9.17) is 0 Å². The first-order valence-electron chi connectivity index (χ1n) is 7.28. The van der Waals surface area contributed by atoms with E-state index in [2.05, 4.69) is 23.9 Å². The molecule has 1 fully saturated rings. The molecule has 2 N–H and O–H groups in total. The van der Waals surface area contributed by atoms with Crippen LogP contribution in [-0.4, -0.2) is 33.3 Å². The van der Waals surface area contributed by atoms with Crippen LogP contribution in [0.2, 0.25) is 0 Å². The zero-order valence-electron chi connectivity index (χ0n) is 11.7. The minimum atomic E-state index is -3.10. The molecule has 5 heteroatoms. The first-order valence-corrected chi connectivity index (χ1v) is 8.93. The lowest BCUT2D eigenvalue weighted by molar-refractivity contribution is 0.306. The highest BCUT2D eigenvalue weighted by molar-refractivity contribution is 7.89. The Morgan fingerprint density at radius 1 is 1.06 bits per heavy atom. The third kappa shape index (κ3) is 6.16. The van der Waals surface area contributed by atoms with Crippen LogP contribution in [0.3, 0.4) is 0 Å². The first kappa shape index (κ1) is 15.9. The van der Waals surface area contributed by atoms with Gasteiger partial charge in [-0.05, 0) is 44.6 Å². The Kier molecular flexibility index (Phi) is 7.19. The van der Waals surface area contributed by atoms with Gasteiger partial charge >= 0.3 is 0 Å². The van der Waals surface area contributed by atoms with Gasteiger partial charge < -0.3 is 5.32 Å². The molecular weight excluding hydrogens is 248 g/mol. The number of sulfonamides is 1. The van der Waals surface area contributed by atoms with Gasteiger partial charge in [-0.3, -0.25) is 0 Å². The van der Waals surface area contributed by atoms with Crippen molar-refractivity contribution in [3.63, 3.8) is 0 Å². The molecule has 0 aromatic rings. The molecule has 0 aromatic carbocycles. The van der Waals surface area contributed by atoms with E-state index in [-0.39, 0.29) is 11.8 Å². The summed E-state index contributed by atoms with van der Waals surface area (Å²) in [6, 6.07) is 0.170. The van der Waals surface area contributed by atoms with Crippen molar-refractivity contribution in [2.45, 2.75) is 58.4 Å². The standard InChI is InChI=1S/C13H28N2O2S/c1-3-9-14-10-11-18(16,17)15-13-7-5-12(4-2)6-8-13/h12-15H,3-11H2,1-2H3. The molecule has 0 radical (unpaired) electrons. The average Bonchev–Trinajstić information content (AvgIpc) is 2.35. The van der Waals surface area contributed by atoms with Crippen LogP contribution in [0.4, 0.5) is 0 Å². The maximum Gasteiger partial charge on any atom is 0.213 e. The maximum atomic E-state index is 11.9. The van der Waals surface area contributed by atoms with Crippen LogP contribution in [0.5, 0.6) is 0 Å². The summed E-state index contributed by atoms with van der Waals surface area (Å²) in [5.74, 6) is 0.998. The maximum absolute atomic E-state index is 11.9. The van der Waals surface area contributed by atoms with E-state index in [0.29, 0.717) is 6.54 Å². The van der Waals surface area contributed by atoms with Crippen molar-refractivity contribution in [2.24, 2.45) is 5.92 Å². The highest BCUT2D eigenvalue weighted by atomic mass is 32.2. The van der Waals surface area contributed by atoms with Crippen molar-refractivity contribution < 1.29 is 8.42 Å². The monoisotopic (exact) mass is 276 g/mol. The van der Waals surface area contributed by atoms with E-state index in [1.807, 2.05) is 0 Å². The Hall–Kier alpha value is -0.130. The van der Waals surface area contributed by atoms with E-state index < -0.39 is 10.0 Å². The minimum Gasteiger partial charge on any atom is -0.316 e. The van der Waals surface area contributed by atoms with Crippen LogP contribution in [-0.2, 0) is 10.0 Å². The van der Waals surface area contributed by atoms with Crippen molar-refractivity contribution >= 4 is 10.0 Å². The third-order valence-electron chi connectivity index (χ3n) is 3.74. The summed E-state index contributed by atoms with van der Waals surface area (Å²) in [6.07, 6.45) is 6.59. The van der Waals surface area contributed by atoms with E-state index in [1.165, 1.54) is 6.42 Å². The molecule has 18 heavy (non-hydrogen) atoms. The molecule has 0 spiro atoms. The molecule has 0 unspecified atom stereocenters. The fourth-order valence-electron chi connectivity index (χ4n) is 2.51. The third-order valence-corrected chi connectivity index (χ3v) is 5.18. The van der Waals surface area contributed by atoms with Gasteiger partial charge in [-0.1, -0.05) is 20.3 Å². The molecule has 4 nitrogen and oxygen atoms in total. The van der Waals surface area contributed by atoms with Gasteiger partial charge in [0.25, 0.3) is 0 Å². The number of rotatable bonds is 8. The fourth-order valence-corrected chi connectivity index (χ4v) is 3.78. The molecule has 0 atom stereocenters. The van der Waals surface area contributed by atoms with Crippen molar-refractivity contribution in [1.82, 2.24) is 10.0 Å². The number of hydrogen-bond donors (Lipinski definition) is 2. The van der Waals surface area contributed by atoms with Crippen molar-refractivity contribution in [3.05, 3.63) is 0 Å². The molecule has 1 aliphatic rings. The minimum absolute atomic E-state index is 0.170. The Morgan fingerprint density at radius 2 is 1.72 bits per heavy atom. The zero-order valence-corrected chi connectivity index (χ0v) is 12.6. The highest BCUT2D eigenvalue weighted by Crippen LogP contribution is 2.26. The smallest absolute Gasteiger partial charge is 0.213 e. The average molecular weight is 276 g/mol. The van der Waals surface area contributed by atoms with Gasteiger partial charge in [-0.2, -0.15) is 0 Å². The van der Waals surface area contributed by atoms with Gasteiger partial charge in [0.05, 0.1) is 5.75 Å². The van der Waals surface area contributed by atoms with Gasteiger partial charge in [0, 0.05) is 12.6 Å². The summed E-state index contributed by atoms with van der Waals surface area (Å²) in [4.78, 5) is 0. The molecular formula is C13H28N2O2S. The van der Waals surface area contributed by atoms with E-state index in [0.717, 1.165) is 44.6 Å². The zero-order chi connectivity index (χ0) is 13.4. The normalized spacial score (nSPS) is 25.2. The summed E-state index contributed by atoms with van der Waals surface area (Å²) in [6.45, 7) is 5.73. The molecule has 1 saturated carbocycles. The van der Waals surface area contributed by atoms with Crippen LogP contribution in [0.1, 0.15) is 52.4 Å². The second-order valence-electron chi connectivity index (χ2n) is 5.31. The van der Waals surface area contributed by atoms with Crippen molar-refractivity contribution in [3.8, 4) is 0 Å². The lowest BCUT2D eigenvalue weighted by Gasteiger charge is -2.28. The summed E-state index contributed by atoms with van der Waals surface area (Å²) in [5, 5.41) is 3.13. The summed E-state index contributed by atoms with van der Waals surface area (Å²) >= 11 is 0. The largest absolute Gasteiger partial charge is 0.316 e. The predicted molar refractivity (Wildman–Crippen MR) is 76.1 cm³/mol. The predicted octanol–water partition coefficient (Wildman–Crippen LogP) is 1.87. The number of nitrogens with one attached hydrogen (secondary N) is 2. The summed E-state index contributed by atoms with van der Waals surface area (Å²) < 4.78 is 26.6. The van der Waals surface area contributed by atoms with Gasteiger partial charge in [0.15, 0.2) is 0 Å². The van der Waals surface area contributed by atoms with E-state index in [1.54, 1.807) is 0 Å². The molecule has 0 bridgehead atoms. The second-order valence-corrected chi connectivity index (χ2v) is 7.19. The van der Waals surface area contributed by atoms with Crippen molar-refractivity contribution in [2.75, 3.05) is 18.8 Å². The molecule has 1 rings (SSSR count). The molecule has 108 valence electrons. The van der Waals surface area contributed by atoms with Crippen LogP contribution in [0.25, 0.3) is 0 Å². The fraction of sp³-hybridized carbons (Fsp3) is 1.00. The van der Waals surface area contributed by atoms with Gasteiger partial charge in [0.1, 0.15) is 0 Å². The summed E-state index contributed by atoms with van der Waals surface area (Å²) in [5.41, 5.74) is 0. The quantitative estimate of drug-likeness (QED) is 0.665. The Morgan fingerprint density at radius 3 is 2.28 bits per heavy atom. The van der Waals surface area contributed by atoms with Gasteiger partial charge in [-0.25, -0.2) is 13.1 Å². The second kappa shape index (κ2) is 8.12. The van der Waals surface area contributed by atoms with Crippen LogP contribution < -0.4 is 10.0 Å². The van der Waals surface area contributed by atoms with Crippen molar-refractivity contribution in [1.29, 1.82) is 0 Å². The van der Waals surface area contributed by atoms with Crippen LogP contribution in [0.15, 0.2) is 0 Å². The van der Waals surface area contributed by atoms with Gasteiger partial charge in [0.2, 0.25) is 10.0 Å². The summed E-state index contributed by atoms with van der Waals surface area (Å²) in [7, 11) is -3.10. The lowest BCUT2D eigenvalue weighted by Crippen LogP contribution is -2.40. The number of hydrogen-bond acceptors (Lipinski definition) is 3. The Labute approximate surface area is 112 Å². The Balaban J connectivity index is 2.24. The molecule has 0 saturated heterocycles. The van der Waals surface area contributed by atoms with Crippen LogP contribution in [0, 0.1) is 5.92 Å². The molecule has 0 aliphatic heterocycles. The van der Waals surface area contributed by atoms with E-state index >= 15 is 0 Å². The lowest BCUT2D eigenvalue weighted by atomic mass is 9.85. The Bertz CT molecular complexity index is 309. The molecule has 0 aromatic heterocycles. The highest BCUT2D eigenvalue weighted by Gasteiger charge is 2.23. The molecule has 1 aliphatic carbocycles.